The molecule has 0 fully saturated rings. The molecule has 1 heterocycles. The first-order valence-electron chi connectivity index (χ1n) is 6.86. The normalized spacial score (nSPS) is 11.2. The molecule has 0 aliphatic carbocycles. The Morgan fingerprint density at radius 2 is 2.19 bits per heavy atom. The Bertz CT molecular complexity index is 600. The molecule has 5 heteroatoms. The zero-order valence-corrected chi connectivity index (χ0v) is 12.5. The summed E-state index contributed by atoms with van der Waals surface area (Å²) < 4.78 is 0. The summed E-state index contributed by atoms with van der Waals surface area (Å²) >= 11 is 0. The van der Waals surface area contributed by atoms with Gasteiger partial charge in [-0.1, -0.05) is 36.4 Å². The zero-order valence-electron chi connectivity index (χ0n) is 12.5. The van der Waals surface area contributed by atoms with Gasteiger partial charge < -0.3 is 15.2 Å². The molecule has 0 aliphatic rings. The fourth-order valence-corrected chi connectivity index (χ4v) is 2.05. The van der Waals surface area contributed by atoms with Gasteiger partial charge in [0.05, 0.1) is 18.4 Å². The van der Waals surface area contributed by atoms with Gasteiger partial charge in [-0.2, -0.15) is 0 Å². The summed E-state index contributed by atoms with van der Waals surface area (Å²) in [6.07, 6.45) is 3.66. The quantitative estimate of drug-likeness (QED) is 0.503. The van der Waals surface area contributed by atoms with E-state index in [0.717, 1.165) is 23.0 Å². The highest BCUT2D eigenvalue weighted by molar-refractivity contribution is 5.79. The molecule has 2 N–H and O–H groups in total. The highest BCUT2D eigenvalue weighted by Gasteiger charge is 2.09. The van der Waals surface area contributed by atoms with E-state index in [1.54, 1.807) is 13.1 Å². The van der Waals surface area contributed by atoms with E-state index in [2.05, 4.69) is 39.0 Å². The number of guanidine groups is 1. The molecular weight excluding hydrogens is 262 g/mol. The van der Waals surface area contributed by atoms with E-state index in [-0.39, 0.29) is 0 Å². The molecule has 1 aromatic heterocycles. The van der Waals surface area contributed by atoms with Crippen LogP contribution < -0.4 is 5.32 Å². The Morgan fingerprint density at radius 3 is 2.86 bits per heavy atom. The van der Waals surface area contributed by atoms with Gasteiger partial charge in [0.15, 0.2) is 5.96 Å². The minimum Gasteiger partial charge on any atom is -0.353 e. The average molecular weight is 283 g/mol. The van der Waals surface area contributed by atoms with Crippen molar-refractivity contribution in [3.63, 3.8) is 0 Å². The third-order valence-electron chi connectivity index (χ3n) is 3.08. The second-order valence-electron chi connectivity index (χ2n) is 4.68. The number of hydrogen-bond acceptors (Lipinski definition) is 2. The second kappa shape index (κ2) is 7.28. The van der Waals surface area contributed by atoms with Crippen LogP contribution in [0.25, 0.3) is 11.3 Å². The van der Waals surface area contributed by atoms with E-state index < -0.39 is 0 Å². The number of nitrogens with zero attached hydrogens (tertiary/aromatic N) is 3. The molecule has 1 aromatic carbocycles. The number of benzene rings is 1. The van der Waals surface area contributed by atoms with Gasteiger partial charge in [-0.3, -0.25) is 4.99 Å². The number of H-pyrrole nitrogens is 1. The lowest BCUT2D eigenvalue weighted by atomic mass is 10.2. The van der Waals surface area contributed by atoms with Gasteiger partial charge in [-0.25, -0.2) is 4.98 Å². The zero-order chi connectivity index (χ0) is 15.1. The lowest BCUT2D eigenvalue weighted by Crippen LogP contribution is -2.38. The number of aromatic nitrogens is 2. The number of aromatic amines is 1. The van der Waals surface area contributed by atoms with E-state index in [9.17, 15) is 0 Å². The Labute approximate surface area is 125 Å². The molecule has 110 valence electrons. The van der Waals surface area contributed by atoms with Gasteiger partial charge in [0.1, 0.15) is 5.82 Å². The molecule has 0 saturated carbocycles. The summed E-state index contributed by atoms with van der Waals surface area (Å²) in [5.74, 6) is 1.71. The first-order valence-corrected chi connectivity index (χ1v) is 6.86. The third-order valence-corrected chi connectivity index (χ3v) is 3.08. The van der Waals surface area contributed by atoms with Crippen molar-refractivity contribution in [2.24, 2.45) is 4.99 Å². The summed E-state index contributed by atoms with van der Waals surface area (Å²) in [7, 11) is 3.74. The molecule has 0 saturated heterocycles. The molecule has 0 atom stereocenters. The highest BCUT2D eigenvalue weighted by atomic mass is 15.3. The van der Waals surface area contributed by atoms with Crippen molar-refractivity contribution in [1.29, 1.82) is 0 Å². The lowest BCUT2D eigenvalue weighted by Gasteiger charge is -2.20. The Kier molecular flexibility index (Phi) is 5.15. The maximum absolute atomic E-state index is 4.43. The summed E-state index contributed by atoms with van der Waals surface area (Å²) in [4.78, 5) is 14.0. The average Bonchev–Trinajstić information content (AvgIpc) is 2.97. The van der Waals surface area contributed by atoms with Crippen molar-refractivity contribution in [3.05, 3.63) is 55.0 Å². The molecule has 0 unspecified atom stereocenters. The number of imidazole rings is 1. The van der Waals surface area contributed by atoms with Crippen molar-refractivity contribution in [1.82, 2.24) is 20.2 Å². The summed E-state index contributed by atoms with van der Waals surface area (Å²) in [5, 5.41) is 3.19. The topological polar surface area (TPSA) is 56.3 Å². The fraction of sp³-hybridized carbons (Fsp3) is 0.250. The van der Waals surface area contributed by atoms with E-state index in [0.29, 0.717) is 13.1 Å². The van der Waals surface area contributed by atoms with E-state index in [1.807, 2.05) is 36.3 Å². The van der Waals surface area contributed by atoms with Crippen molar-refractivity contribution in [2.45, 2.75) is 6.54 Å². The van der Waals surface area contributed by atoms with Crippen LogP contribution in [0, 0.1) is 0 Å². The van der Waals surface area contributed by atoms with Gasteiger partial charge in [0.2, 0.25) is 0 Å². The number of nitrogens with one attached hydrogen (secondary N) is 2. The first kappa shape index (κ1) is 14.8. The van der Waals surface area contributed by atoms with Gasteiger partial charge in [0.25, 0.3) is 0 Å². The van der Waals surface area contributed by atoms with Gasteiger partial charge in [0, 0.05) is 20.6 Å². The molecule has 2 aromatic rings. The van der Waals surface area contributed by atoms with Crippen LogP contribution in [0.1, 0.15) is 5.82 Å². The molecule has 2 rings (SSSR count). The van der Waals surface area contributed by atoms with E-state index in [4.69, 9.17) is 0 Å². The first-order chi connectivity index (χ1) is 10.2. The van der Waals surface area contributed by atoms with Gasteiger partial charge in [-0.15, -0.1) is 6.58 Å². The number of hydrogen-bond donors (Lipinski definition) is 2. The summed E-state index contributed by atoms with van der Waals surface area (Å²) in [6.45, 7) is 5.03. The van der Waals surface area contributed by atoms with Crippen LogP contribution in [0.4, 0.5) is 0 Å². The number of aliphatic imine (C=N–C) groups is 1. The molecule has 0 bridgehead atoms. The minimum atomic E-state index is 0.656. The Balaban J connectivity index is 2.03. The monoisotopic (exact) mass is 283 g/mol. The largest absolute Gasteiger partial charge is 0.353 e. The molecule has 21 heavy (non-hydrogen) atoms. The Hall–Kier alpha value is -2.56. The minimum absolute atomic E-state index is 0.656. The van der Waals surface area contributed by atoms with Crippen LogP contribution in [0.15, 0.2) is 54.2 Å². The van der Waals surface area contributed by atoms with Gasteiger partial charge in [-0.05, 0) is 5.56 Å². The highest BCUT2D eigenvalue weighted by Crippen LogP contribution is 2.16. The molecule has 0 radical (unpaired) electrons. The smallest absolute Gasteiger partial charge is 0.194 e. The number of rotatable bonds is 5. The predicted octanol–water partition coefficient (Wildman–Crippen LogP) is 2.27. The maximum atomic E-state index is 4.43. The van der Waals surface area contributed by atoms with Crippen LogP contribution >= 0.6 is 0 Å². The van der Waals surface area contributed by atoms with Gasteiger partial charge >= 0.3 is 0 Å². The van der Waals surface area contributed by atoms with Crippen molar-refractivity contribution in [3.8, 4) is 11.3 Å². The van der Waals surface area contributed by atoms with Crippen LogP contribution in [0.2, 0.25) is 0 Å². The van der Waals surface area contributed by atoms with E-state index in [1.165, 1.54) is 0 Å². The molecular formula is C16H21N5. The van der Waals surface area contributed by atoms with Crippen molar-refractivity contribution < 1.29 is 0 Å². The molecule has 0 spiro atoms. The fourth-order valence-electron chi connectivity index (χ4n) is 2.05. The molecule has 5 nitrogen and oxygen atoms in total. The van der Waals surface area contributed by atoms with Crippen LogP contribution in [-0.2, 0) is 6.54 Å². The van der Waals surface area contributed by atoms with Crippen LogP contribution in [-0.4, -0.2) is 41.5 Å². The van der Waals surface area contributed by atoms with Crippen molar-refractivity contribution >= 4 is 5.96 Å². The maximum Gasteiger partial charge on any atom is 0.194 e. The summed E-state index contributed by atoms with van der Waals surface area (Å²) in [6, 6.07) is 10.2. The predicted molar refractivity (Wildman–Crippen MR) is 87.0 cm³/mol. The standard InChI is InChI=1S/C16H21N5/c1-4-10-18-16(17-2)21(3)12-15-19-11-14(20-15)13-8-6-5-7-9-13/h4-9,11H,1,10,12H2,2-3H3,(H,17,18)(H,19,20). The Morgan fingerprint density at radius 1 is 1.43 bits per heavy atom. The van der Waals surface area contributed by atoms with E-state index >= 15 is 0 Å². The van der Waals surface area contributed by atoms with Crippen molar-refractivity contribution in [2.75, 3.05) is 20.6 Å². The molecule has 0 amide bonds. The third kappa shape index (κ3) is 3.95. The second-order valence-corrected chi connectivity index (χ2v) is 4.68. The lowest BCUT2D eigenvalue weighted by molar-refractivity contribution is 0.467. The molecule has 0 aliphatic heterocycles. The van der Waals surface area contributed by atoms with Crippen LogP contribution in [0.3, 0.4) is 0 Å². The SMILES string of the molecule is C=CCNC(=NC)N(C)Cc1ncc(-c2ccccc2)[nH]1. The van der Waals surface area contributed by atoms with Crippen LogP contribution in [0.5, 0.6) is 0 Å². The summed E-state index contributed by atoms with van der Waals surface area (Å²) in [5.41, 5.74) is 2.15.